The summed E-state index contributed by atoms with van der Waals surface area (Å²) in [6, 6.07) is 12.8. The van der Waals surface area contributed by atoms with E-state index in [4.69, 9.17) is 9.47 Å². The molecule has 2 aliphatic heterocycles. The van der Waals surface area contributed by atoms with Gasteiger partial charge in [0.05, 0.1) is 12.3 Å². The van der Waals surface area contributed by atoms with Crippen molar-refractivity contribution in [2.45, 2.75) is 44.3 Å². The van der Waals surface area contributed by atoms with Crippen molar-refractivity contribution in [3.05, 3.63) is 72.2 Å². The molecule has 1 amide bonds. The third kappa shape index (κ3) is 5.34. The third-order valence-electron chi connectivity index (χ3n) is 8.98. The Balaban J connectivity index is 1.13. The number of halogens is 3. The Hall–Kier alpha value is -4.23. The molecule has 1 spiro atoms. The van der Waals surface area contributed by atoms with Crippen LogP contribution in [0.25, 0.3) is 22.3 Å². The summed E-state index contributed by atoms with van der Waals surface area (Å²) >= 11 is 0. The zero-order valence-electron chi connectivity index (χ0n) is 23.9. The van der Waals surface area contributed by atoms with Crippen LogP contribution >= 0.6 is 0 Å². The standard InChI is InChI=1S/C31H32F3N7O3/c32-31(33,34)23-15-37-28(39-26(23)22-17-41(25-16-35-12-14-43-25)27-21(22)7-4-11-36-27)38-24-8-9-30(24)10-13-40(19-30)29(42)44-18-20-5-2-1-3-6-20/h1-7,11,15,17,24-25,35H,8-10,12-14,16,18-19H2,(H,37,38,39). The highest BCUT2D eigenvalue weighted by atomic mass is 19.4. The van der Waals surface area contributed by atoms with Crippen LogP contribution in [0.2, 0.25) is 0 Å². The number of nitrogens with one attached hydrogen (secondary N) is 2. The number of fused-ring (bicyclic) bond motifs is 1. The van der Waals surface area contributed by atoms with Crippen molar-refractivity contribution in [1.82, 2.24) is 29.7 Å². The molecule has 4 aromatic rings. The summed E-state index contributed by atoms with van der Waals surface area (Å²) in [4.78, 5) is 27.5. The second-order valence-corrected chi connectivity index (χ2v) is 11.6. The summed E-state index contributed by atoms with van der Waals surface area (Å²) in [5, 5.41) is 7.10. The fraction of sp³-hybridized carbons (Fsp3) is 0.419. The zero-order chi connectivity index (χ0) is 30.3. The molecule has 5 heterocycles. The summed E-state index contributed by atoms with van der Waals surface area (Å²) in [7, 11) is 0. The molecule has 3 aliphatic rings. The van der Waals surface area contributed by atoms with E-state index in [0.717, 1.165) is 31.0 Å². The number of pyridine rings is 1. The quantitative estimate of drug-likeness (QED) is 0.307. The number of rotatable bonds is 6. The molecule has 10 nitrogen and oxygen atoms in total. The molecule has 2 saturated heterocycles. The van der Waals surface area contributed by atoms with Gasteiger partial charge < -0.3 is 29.6 Å². The minimum absolute atomic E-state index is 0.0938. The maximum Gasteiger partial charge on any atom is 0.419 e. The number of amides is 1. The van der Waals surface area contributed by atoms with Crippen LogP contribution in [0.15, 0.2) is 61.1 Å². The SMILES string of the molecule is O=C(OCc1ccccc1)N1CCC2(CCC2Nc2ncc(C(F)(F)F)c(-c3cn(C4CNCCO4)c4ncccc34)n2)C1. The molecule has 1 aromatic carbocycles. The van der Waals surface area contributed by atoms with Gasteiger partial charge in [0, 0.05) is 67.2 Å². The van der Waals surface area contributed by atoms with Gasteiger partial charge in [-0.15, -0.1) is 0 Å². The molecule has 230 valence electrons. The van der Waals surface area contributed by atoms with E-state index >= 15 is 0 Å². The predicted molar refractivity (Wildman–Crippen MR) is 156 cm³/mol. The Bertz CT molecular complexity index is 1660. The molecule has 3 aromatic heterocycles. The summed E-state index contributed by atoms with van der Waals surface area (Å²) in [5.41, 5.74) is 0.363. The molecular formula is C31H32F3N7O3. The maximum absolute atomic E-state index is 14.3. The molecule has 3 atom stereocenters. The van der Waals surface area contributed by atoms with Crippen LogP contribution in [0.4, 0.5) is 23.9 Å². The first kappa shape index (κ1) is 28.5. The molecule has 0 bridgehead atoms. The van der Waals surface area contributed by atoms with Gasteiger partial charge in [0.1, 0.15) is 24.0 Å². The minimum atomic E-state index is -4.67. The minimum Gasteiger partial charge on any atom is -0.445 e. The van der Waals surface area contributed by atoms with Gasteiger partial charge in [-0.25, -0.2) is 19.7 Å². The first-order valence-corrected chi connectivity index (χ1v) is 14.8. The summed E-state index contributed by atoms with van der Waals surface area (Å²) in [6.07, 6.45) is 1.07. The summed E-state index contributed by atoms with van der Waals surface area (Å²) in [5.74, 6) is 0.113. The second-order valence-electron chi connectivity index (χ2n) is 11.6. The zero-order valence-corrected chi connectivity index (χ0v) is 23.9. The Morgan fingerprint density at radius 1 is 1.16 bits per heavy atom. The summed E-state index contributed by atoms with van der Waals surface area (Å²) < 4.78 is 56.1. The number of hydrogen-bond acceptors (Lipinski definition) is 8. The van der Waals surface area contributed by atoms with E-state index in [2.05, 4.69) is 25.6 Å². The molecular weight excluding hydrogens is 575 g/mol. The normalized spacial score (nSPS) is 23.6. The smallest absolute Gasteiger partial charge is 0.419 e. The first-order chi connectivity index (χ1) is 21.3. The topological polar surface area (TPSA) is 106 Å². The Kier molecular flexibility index (Phi) is 7.37. The van der Waals surface area contributed by atoms with Crippen molar-refractivity contribution < 1.29 is 27.4 Å². The number of anilines is 1. The van der Waals surface area contributed by atoms with Crippen molar-refractivity contribution >= 4 is 23.1 Å². The monoisotopic (exact) mass is 607 g/mol. The number of morpholine rings is 1. The lowest BCUT2D eigenvalue weighted by atomic mass is 9.64. The maximum atomic E-state index is 14.3. The fourth-order valence-corrected chi connectivity index (χ4v) is 6.51. The van der Waals surface area contributed by atoms with E-state index < -0.39 is 18.0 Å². The number of nitrogens with zero attached hydrogens (tertiary/aromatic N) is 5. The molecule has 2 N–H and O–H groups in total. The molecule has 7 rings (SSSR count). The van der Waals surface area contributed by atoms with E-state index in [1.807, 2.05) is 30.3 Å². The fourth-order valence-electron chi connectivity index (χ4n) is 6.51. The molecule has 44 heavy (non-hydrogen) atoms. The molecule has 0 radical (unpaired) electrons. The van der Waals surface area contributed by atoms with Crippen molar-refractivity contribution in [2.75, 3.05) is 38.1 Å². The van der Waals surface area contributed by atoms with Crippen LogP contribution in [0.5, 0.6) is 0 Å². The van der Waals surface area contributed by atoms with E-state index in [9.17, 15) is 18.0 Å². The van der Waals surface area contributed by atoms with Gasteiger partial charge in [0.25, 0.3) is 0 Å². The molecule has 1 saturated carbocycles. The van der Waals surface area contributed by atoms with Gasteiger partial charge in [-0.05, 0) is 37.0 Å². The largest absolute Gasteiger partial charge is 0.445 e. The Morgan fingerprint density at radius 2 is 2.02 bits per heavy atom. The van der Waals surface area contributed by atoms with Gasteiger partial charge in [-0.3, -0.25) is 0 Å². The van der Waals surface area contributed by atoms with Gasteiger partial charge in [-0.2, -0.15) is 13.2 Å². The van der Waals surface area contributed by atoms with Crippen molar-refractivity contribution in [3.8, 4) is 11.3 Å². The highest BCUT2D eigenvalue weighted by Gasteiger charge is 2.52. The number of alkyl halides is 3. The lowest BCUT2D eigenvalue weighted by molar-refractivity contribution is -0.137. The number of likely N-dealkylation sites (tertiary alicyclic amines) is 1. The van der Waals surface area contributed by atoms with Gasteiger partial charge in [0.15, 0.2) is 0 Å². The van der Waals surface area contributed by atoms with Crippen LogP contribution in [0.1, 0.15) is 36.6 Å². The van der Waals surface area contributed by atoms with E-state index in [-0.39, 0.29) is 35.8 Å². The highest BCUT2D eigenvalue weighted by Crippen LogP contribution is 2.50. The van der Waals surface area contributed by atoms with Gasteiger partial charge in [0.2, 0.25) is 5.95 Å². The number of carbonyl (C=O) groups is 1. The van der Waals surface area contributed by atoms with Crippen molar-refractivity contribution in [3.63, 3.8) is 0 Å². The number of carbonyl (C=O) groups excluding carboxylic acids is 1. The summed E-state index contributed by atoms with van der Waals surface area (Å²) in [6.45, 7) is 2.93. The average molecular weight is 608 g/mol. The lowest BCUT2D eigenvalue weighted by Gasteiger charge is -2.47. The molecule has 1 aliphatic carbocycles. The predicted octanol–water partition coefficient (Wildman–Crippen LogP) is 5.23. The van der Waals surface area contributed by atoms with Crippen LogP contribution in [-0.2, 0) is 22.3 Å². The van der Waals surface area contributed by atoms with Crippen molar-refractivity contribution in [2.24, 2.45) is 5.41 Å². The Morgan fingerprint density at radius 3 is 2.77 bits per heavy atom. The van der Waals surface area contributed by atoms with E-state index in [0.29, 0.717) is 49.4 Å². The van der Waals surface area contributed by atoms with Gasteiger partial charge in [-0.1, -0.05) is 30.3 Å². The number of aromatic nitrogens is 4. The van der Waals surface area contributed by atoms with Crippen molar-refractivity contribution in [1.29, 1.82) is 0 Å². The average Bonchev–Trinajstić information content (AvgIpc) is 3.67. The van der Waals surface area contributed by atoms with E-state index in [1.165, 1.54) is 0 Å². The molecule has 3 fully saturated rings. The number of hydrogen-bond donors (Lipinski definition) is 2. The molecule has 13 heteroatoms. The van der Waals surface area contributed by atoms with Crippen LogP contribution in [0, 0.1) is 5.41 Å². The number of ether oxygens (including phenoxy) is 2. The first-order valence-electron chi connectivity index (χ1n) is 14.8. The van der Waals surface area contributed by atoms with Crippen LogP contribution in [0.3, 0.4) is 0 Å². The number of benzene rings is 1. The second kappa shape index (κ2) is 11.4. The van der Waals surface area contributed by atoms with E-state index in [1.54, 1.807) is 34.0 Å². The van der Waals surface area contributed by atoms with Gasteiger partial charge >= 0.3 is 12.3 Å². The molecule has 3 unspecified atom stereocenters. The third-order valence-corrected chi connectivity index (χ3v) is 8.98. The van der Waals surface area contributed by atoms with Crippen LogP contribution < -0.4 is 10.6 Å². The highest BCUT2D eigenvalue weighted by molar-refractivity contribution is 5.94. The Labute approximate surface area is 251 Å². The lowest BCUT2D eigenvalue weighted by Crippen LogP contribution is -2.51. The van der Waals surface area contributed by atoms with Crippen LogP contribution in [-0.4, -0.2) is 69.3 Å².